The summed E-state index contributed by atoms with van der Waals surface area (Å²) in [4.78, 5) is 35.5. The van der Waals surface area contributed by atoms with Gasteiger partial charge in [-0.1, -0.05) is 12.1 Å². The van der Waals surface area contributed by atoms with E-state index in [1.807, 2.05) is 24.3 Å². The first kappa shape index (κ1) is 19.6. The van der Waals surface area contributed by atoms with Crippen molar-refractivity contribution >= 4 is 12.0 Å². The molecule has 0 spiro atoms. The number of furan rings is 1. The molecule has 8 heteroatoms. The normalized spacial score (nSPS) is 23.0. The van der Waals surface area contributed by atoms with E-state index in [1.165, 1.54) is 0 Å². The van der Waals surface area contributed by atoms with Crippen molar-refractivity contribution in [1.82, 2.24) is 24.8 Å². The van der Waals surface area contributed by atoms with Crippen molar-refractivity contribution in [2.75, 3.05) is 19.6 Å². The van der Waals surface area contributed by atoms with Gasteiger partial charge in [-0.2, -0.15) is 0 Å². The molecular formula is C23H25N5O3. The lowest BCUT2D eigenvalue weighted by Gasteiger charge is -2.46. The number of nitrogens with one attached hydrogen (secondary N) is 2. The average Bonchev–Trinajstić information content (AvgIpc) is 3.47. The molecule has 0 unspecified atom stereocenters. The van der Waals surface area contributed by atoms with Crippen LogP contribution in [-0.4, -0.2) is 45.0 Å². The molecular weight excluding hydrogens is 394 g/mol. The summed E-state index contributed by atoms with van der Waals surface area (Å²) in [5, 5.41) is 2.97. The first-order valence-corrected chi connectivity index (χ1v) is 10.6. The number of amides is 1. The second kappa shape index (κ2) is 8.39. The summed E-state index contributed by atoms with van der Waals surface area (Å²) in [6, 6.07) is 8.59. The van der Waals surface area contributed by atoms with Crippen LogP contribution in [0.1, 0.15) is 35.7 Å². The number of likely N-dealkylation sites (tertiary alicyclic amines) is 1. The number of rotatable bonds is 6. The number of carbonyl (C=O) groups excluding carboxylic acids is 1. The molecule has 3 atom stereocenters. The molecule has 0 aliphatic carbocycles. The molecule has 1 amide bonds. The summed E-state index contributed by atoms with van der Waals surface area (Å²) in [5.41, 5.74) is 0.832. The van der Waals surface area contributed by atoms with E-state index in [0.29, 0.717) is 12.4 Å². The van der Waals surface area contributed by atoms with Gasteiger partial charge >= 0.3 is 0 Å². The quantitative estimate of drug-likeness (QED) is 0.638. The Kier molecular flexibility index (Phi) is 5.30. The van der Waals surface area contributed by atoms with E-state index in [4.69, 9.17) is 4.42 Å². The van der Waals surface area contributed by atoms with E-state index >= 15 is 0 Å². The van der Waals surface area contributed by atoms with E-state index in [2.05, 4.69) is 26.3 Å². The van der Waals surface area contributed by atoms with Gasteiger partial charge in [0.1, 0.15) is 17.6 Å². The van der Waals surface area contributed by atoms with Crippen LogP contribution in [0.25, 0.3) is 6.08 Å². The Hall–Kier alpha value is -3.39. The van der Waals surface area contributed by atoms with Crippen molar-refractivity contribution in [2.24, 2.45) is 5.92 Å². The highest BCUT2D eigenvalue weighted by Gasteiger charge is 2.43. The van der Waals surface area contributed by atoms with Gasteiger partial charge in [0.15, 0.2) is 0 Å². The third-order valence-corrected chi connectivity index (χ3v) is 6.17. The van der Waals surface area contributed by atoms with Crippen molar-refractivity contribution in [1.29, 1.82) is 0 Å². The predicted octanol–water partition coefficient (Wildman–Crippen LogP) is 2.15. The zero-order valence-corrected chi connectivity index (χ0v) is 17.1. The molecule has 5 rings (SSSR count). The molecule has 3 aromatic heterocycles. The first-order valence-electron chi connectivity index (χ1n) is 10.6. The van der Waals surface area contributed by atoms with Crippen molar-refractivity contribution in [3.05, 3.63) is 82.7 Å². The van der Waals surface area contributed by atoms with Crippen LogP contribution in [-0.2, 0) is 11.3 Å². The van der Waals surface area contributed by atoms with Gasteiger partial charge in [-0.25, -0.2) is 4.98 Å². The number of imidazole rings is 1. The number of pyridine rings is 1. The van der Waals surface area contributed by atoms with Crippen LogP contribution in [0, 0.1) is 5.92 Å². The number of aromatic nitrogens is 3. The molecule has 160 valence electrons. The molecule has 2 aliphatic rings. The monoisotopic (exact) mass is 419 g/mol. The number of piperidine rings is 1. The van der Waals surface area contributed by atoms with Gasteiger partial charge < -0.3 is 14.7 Å². The maximum absolute atomic E-state index is 13.2. The van der Waals surface area contributed by atoms with Crippen LogP contribution < -0.4 is 10.9 Å². The lowest BCUT2D eigenvalue weighted by atomic mass is 9.78. The van der Waals surface area contributed by atoms with Gasteiger partial charge in [-0.15, -0.1) is 0 Å². The SMILES string of the molecule is O=C(NCc1ncc[nH]1)[C@H]1[C@H]2C[C@H](CN(C/C=C/c3ccco3)C2)c2cccc(=O)n21. The largest absolute Gasteiger partial charge is 0.465 e. The second-order valence-corrected chi connectivity index (χ2v) is 8.19. The topological polar surface area (TPSA) is 96.2 Å². The lowest BCUT2D eigenvalue weighted by molar-refractivity contribution is -0.127. The van der Waals surface area contributed by atoms with E-state index in [0.717, 1.165) is 37.5 Å². The molecule has 2 aliphatic heterocycles. The summed E-state index contributed by atoms with van der Waals surface area (Å²) < 4.78 is 7.07. The second-order valence-electron chi connectivity index (χ2n) is 8.19. The minimum absolute atomic E-state index is 0.0694. The van der Waals surface area contributed by atoms with E-state index in [1.54, 1.807) is 35.4 Å². The van der Waals surface area contributed by atoms with Crippen molar-refractivity contribution < 1.29 is 9.21 Å². The molecule has 5 heterocycles. The number of H-pyrrole nitrogens is 1. The van der Waals surface area contributed by atoms with Crippen LogP contribution in [0.2, 0.25) is 0 Å². The molecule has 8 nitrogen and oxygen atoms in total. The van der Waals surface area contributed by atoms with Gasteiger partial charge in [0.25, 0.3) is 5.56 Å². The zero-order valence-electron chi connectivity index (χ0n) is 17.1. The molecule has 2 N–H and O–H groups in total. The Morgan fingerprint density at radius 3 is 3.03 bits per heavy atom. The molecule has 0 saturated carbocycles. The van der Waals surface area contributed by atoms with Gasteiger partial charge in [0.05, 0.1) is 12.8 Å². The number of aromatic amines is 1. The molecule has 1 saturated heterocycles. The molecule has 2 bridgehead atoms. The number of nitrogens with zero attached hydrogens (tertiary/aromatic N) is 3. The Bertz CT molecular complexity index is 1120. The minimum Gasteiger partial charge on any atom is -0.465 e. The number of hydrogen-bond donors (Lipinski definition) is 2. The fourth-order valence-corrected chi connectivity index (χ4v) is 4.89. The molecule has 0 radical (unpaired) electrons. The zero-order chi connectivity index (χ0) is 21.2. The smallest absolute Gasteiger partial charge is 0.251 e. The van der Waals surface area contributed by atoms with Gasteiger partial charge in [-0.05, 0) is 30.7 Å². The Balaban J connectivity index is 1.37. The lowest BCUT2D eigenvalue weighted by Crippen LogP contribution is -2.53. The third-order valence-electron chi connectivity index (χ3n) is 6.17. The Labute approximate surface area is 179 Å². The first-order chi connectivity index (χ1) is 15.2. The maximum Gasteiger partial charge on any atom is 0.251 e. The Morgan fingerprint density at radius 2 is 2.23 bits per heavy atom. The summed E-state index contributed by atoms with van der Waals surface area (Å²) in [7, 11) is 0. The van der Waals surface area contributed by atoms with Crippen LogP contribution in [0.5, 0.6) is 0 Å². The highest BCUT2D eigenvalue weighted by atomic mass is 16.3. The van der Waals surface area contributed by atoms with Crippen LogP contribution in [0.4, 0.5) is 0 Å². The van der Waals surface area contributed by atoms with Gasteiger partial charge in [0.2, 0.25) is 5.91 Å². The average molecular weight is 419 g/mol. The van der Waals surface area contributed by atoms with Crippen LogP contribution in [0.3, 0.4) is 0 Å². The van der Waals surface area contributed by atoms with E-state index in [9.17, 15) is 9.59 Å². The molecule has 31 heavy (non-hydrogen) atoms. The maximum atomic E-state index is 13.2. The van der Waals surface area contributed by atoms with Crippen molar-refractivity contribution in [3.8, 4) is 0 Å². The fourth-order valence-electron chi connectivity index (χ4n) is 4.89. The molecule has 3 aromatic rings. The minimum atomic E-state index is -0.522. The highest BCUT2D eigenvalue weighted by Crippen LogP contribution is 2.41. The van der Waals surface area contributed by atoms with Gasteiger partial charge in [-0.3, -0.25) is 19.1 Å². The van der Waals surface area contributed by atoms with Crippen LogP contribution in [0.15, 0.2) is 64.3 Å². The summed E-state index contributed by atoms with van der Waals surface area (Å²) >= 11 is 0. The van der Waals surface area contributed by atoms with Crippen molar-refractivity contribution in [2.45, 2.75) is 24.9 Å². The summed E-state index contributed by atoms with van der Waals surface area (Å²) in [6.07, 6.45) is 10.00. The van der Waals surface area contributed by atoms with E-state index in [-0.39, 0.29) is 23.3 Å². The summed E-state index contributed by atoms with van der Waals surface area (Å²) in [5.74, 6) is 1.68. The predicted molar refractivity (Wildman–Crippen MR) is 115 cm³/mol. The molecule has 0 aromatic carbocycles. The number of fused-ring (bicyclic) bond motifs is 4. The van der Waals surface area contributed by atoms with Crippen LogP contribution >= 0.6 is 0 Å². The molecule has 1 fully saturated rings. The summed E-state index contributed by atoms with van der Waals surface area (Å²) in [6.45, 7) is 2.71. The van der Waals surface area contributed by atoms with Crippen molar-refractivity contribution in [3.63, 3.8) is 0 Å². The third kappa shape index (κ3) is 3.98. The standard InChI is InChI=1S/C23H25N5O3/c29-21-7-1-6-19-16-12-17(15-27(14-16)10-2-4-18-5-3-11-31-18)22(28(19)21)23(30)26-13-20-24-8-9-25-20/h1-9,11,16-17,22H,10,12-15H2,(H,24,25)(H,26,30)/b4-2+/t16-,17+,22-/m1/s1. The number of carbonyl (C=O) groups is 1. The van der Waals surface area contributed by atoms with E-state index < -0.39 is 6.04 Å². The Morgan fingerprint density at radius 1 is 1.29 bits per heavy atom. The van der Waals surface area contributed by atoms with Gasteiger partial charge in [0, 0.05) is 55.6 Å². The highest BCUT2D eigenvalue weighted by molar-refractivity contribution is 5.81. The fraction of sp³-hybridized carbons (Fsp3) is 0.348. The number of hydrogen-bond acceptors (Lipinski definition) is 5.